The molecule has 0 atom stereocenters. The van der Waals surface area contributed by atoms with Gasteiger partial charge in [-0.2, -0.15) is 0 Å². The molecule has 3 aromatic rings. The Bertz CT molecular complexity index is 1040. The first kappa shape index (κ1) is 16.8. The average Bonchev–Trinajstić information content (AvgIpc) is 3.02. The highest BCUT2D eigenvalue weighted by Crippen LogP contribution is 2.33. The molecular weight excluding hydrogens is 350 g/mol. The number of phenolic OH excluding ortho intramolecular Hbond substituents is 1. The fraction of sp³-hybridized carbons (Fsp3) is 0.316. The Hall–Kier alpha value is -2.67. The molecule has 1 amide bonds. The number of thiophene rings is 1. The molecule has 0 unspecified atom stereocenters. The minimum absolute atomic E-state index is 0.0194. The SMILES string of the molecule is O=C(CCn1cnc2sc3c(c2c1=O)CCCC3)Nc1ccccc1O. The quantitative estimate of drug-likeness (QED) is 0.692. The van der Waals surface area contributed by atoms with Crippen LogP contribution in [-0.2, 0) is 24.2 Å². The van der Waals surface area contributed by atoms with Gasteiger partial charge in [0.05, 0.1) is 17.4 Å². The zero-order valence-corrected chi connectivity index (χ0v) is 15.0. The van der Waals surface area contributed by atoms with Crippen molar-refractivity contribution in [2.24, 2.45) is 0 Å². The molecule has 1 aliphatic carbocycles. The molecule has 6 nitrogen and oxygen atoms in total. The number of anilines is 1. The maximum absolute atomic E-state index is 12.8. The van der Waals surface area contributed by atoms with Crippen LogP contribution in [0.3, 0.4) is 0 Å². The Morgan fingerprint density at radius 1 is 1.27 bits per heavy atom. The molecule has 2 aromatic heterocycles. The first-order valence-electron chi connectivity index (χ1n) is 8.71. The van der Waals surface area contributed by atoms with Gasteiger partial charge in [-0.05, 0) is 43.4 Å². The summed E-state index contributed by atoms with van der Waals surface area (Å²) in [4.78, 5) is 31.5. The average molecular weight is 369 g/mol. The summed E-state index contributed by atoms with van der Waals surface area (Å²) in [5.41, 5.74) is 1.46. The number of hydrogen-bond donors (Lipinski definition) is 2. The van der Waals surface area contributed by atoms with Crippen molar-refractivity contribution in [2.45, 2.75) is 38.6 Å². The van der Waals surface area contributed by atoms with Crippen molar-refractivity contribution in [2.75, 3.05) is 5.32 Å². The molecule has 1 aliphatic rings. The second-order valence-corrected chi connectivity index (χ2v) is 7.53. The molecule has 0 bridgehead atoms. The van der Waals surface area contributed by atoms with E-state index in [2.05, 4.69) is 10.3 Å². The van der Waals surface area contributed by atoms with Gasteiger partial charge >= 0.3 is 0 Å². The molecule has 2 heterocycles. The molecule has 26 heavy (non-hydrogen) atoms. The van der Waals surface area contributed by atoms with Crippen LogP contribution >= 0.6 is 11.3 Å². The third-order valence-electron chi connectivity index (χ3n) is 4.70. The van der Waals surface area contributed by atoms with Gasteiger partial charge in [0.1, 0.15) is 10.6 Å². The van der Waals surface area contributed by atoms with Crippen LogP contribution in [0.2, 0.25) is 0 Å². The third-order valence-corrected chi connectivity index (χ3v) is 5.90. The number of carbonyl (C=O) groups is 1. The van der Waals surface area contributed by atoms with Gasteiger partial charge < -0.3 is 10.4 Å². The monoisotopic (exact) mass is 369 g/mol. The Kier molecular flexibility index (Phi) is 4.46. The largest absolute Gasteiger partial charge is 0.506 e. The van der Waals surface area contributed by atoms with Crippen molar-refractivity contribution < 1.29 is 9.90 Å². The minimum Gasteiger partial charge on any atom is -0.506 e. The number of fused-ring (bicyclic) bond motifs is 3. The summed E-state index contributed by atoms with van der Waals surface area (Å²) < 4.78 is 1.51. The van der Waals surface area contributed by atoms with Crippen LogP contribution in [0.5, 0.6) is 5.75 Å². The Labute approximate surface area is 154 Å². The number of rotatable bonds is 4. The van der Waals surface area contributed by atoms with Gasteiger partial charge in [-0.3, -0.25) is 14.2 Å². The van der Waals surface area contributed by atoms with Gasteiger partial charge in [0.15, 0.2) is 0 Å². The van der Waals surface area contributed by atoms with E-state index in [1.807, 2.05) is 0 Å². The van der Waals surface area contributed by atoms with Crippen molar-refractivity contribution in [3.8, 4) is 5.75 Å². The minimum atomic E-state index is -0.258. The first-order valence-corrected chi connectivity index (χ1v) is 9.52. The second kappa shape index (κ2) is 6.92. The molecule has 0 saturated carbocycles. The van der Waals surface area contributed by atoms with Crippen molar-refractivity contribution in [1.82, 2.24) is 9.55 Å². The number of carbonyl (C=O) groups excluding carboxylic acids is 1. The maximum atomic E-state index is 12.8. The third kappa shape index (κ3) is 3.10. The standard InChI is InChI=1S/C19H19N3O3S/c23-14-7-3-2-6-13(14)21-16(24)9-10-22-11-20-18-17(19(22)25)12-5-1-4-8-15(12)26-18/h2-3,6-7,11,23H,1,4-5,8-10H2,(H,21,24). The van der Waals surface area contributed by atoms with E-state index in [1.165, 1.54) is 28.3 Å². The topological polar surface area (TPSA) is 84.2 Å². The Morgan fingerprint density at radius 3 is 2.92 bits per heavy atom. The van der Waals surface area contributed by atoms with Gasteiger partial charge in [0, 0.05) is 17.8 Å². The van der Waals surface area contributed by atoms with E-state index in [4.69, 9.17) is 0 Å². The molecule has 0 saturated heterocycles. The lowest BCUT2D eigenvalue weighted by Crippen LogP contribution is -2.24. The van der Waals surface area contributed by atoms with Gasteiger partial charge in [-0.15, -0.1) is 11.3 Å². The van der Waals surface area contributed by atoms with E-state index >= 15 is 0 Å². The maximum Gasteiger partial charge on any atom is 0.262 e. The molecule has 2 N–H and O–H groups in total. The Balaban J connectivity index is 1.52. The summed E-state index contributed by atoms with van der Waals surface area (Å²) >= 11 is 1.62. The van der Waals surface area contributed by atoms with Gasteiger partial charge in [-0.1, -0.05) is 12.1 Å². The molecule has 0 aliphatic heterocycles. The summed E-state index contributed by atoms with van der Waals surface area (Å²) in [6, 6.07) is 6.56. The molecule has 1 aromatic carbocycles. The van der Waals surface area contributed by atoms with Crippen LogP contribution in [0.25, 0.3) is 10.2 Å². The second-order valence-electron chi connectivity index (χ2n) is 6.45. The van der Waals surface area contributed by atoms with Crippen LogP contribution in [0.15, 0.2) is 35.4 Å². The number of amides is 1. The van der Waals surface area contributed by atoms with Crippen LogP contribution < -0.4 is 10.9 Å². The zero-order valence-electron chi connectivity index (χ0n) is 14.2. The summed E-state index contributed by atoms with van der Waals surface area (Å²) in [6.45, 7) is 0.256. The van der Waals surface area contributed by atoms with Crippen LogP contribution in [0.4, 0.5) is 5.69 Å². The van der Waals surface area contributed by atoms with E-state index in [1.54, 1.807) is 29.5 Å². The fourth-order valence-electron chi connectivity index (χ4n) is 3.35. The normalized spacial score (nSPS) is 13.5. The predicted molar refractivity (Wildman–Crippen MR) is 102 cm³/mol. The molecule has 7 heteroatoms. The zero-order chi connectivity index (χ0) is 18.1. The van der Waals surface area contributed by atoms with E-state index in [0.717, 1.165) is 35.0 Å². The summed E-state index contributed by atoms with van der Waals surface area (Å²) in [5.74, 6) is -0.239. The fourth-order valence-corrected chi connectivity index (χ4v) is 4.57. The van der Waals surface area contributed by atoms with Gasteiger partial charge in [0.25, 0.3) is 5.56 Å². The number of phenols is 1. The molecular formula is C19H19N3O3S. The van der Waals surface area contributed by atoms with Crippen LogP contribution in [-0.4, -0.2) is 20.6 Å². The van der Waals surface area contributed by atoms with Gasteiger partial charge in [0.2, 0.25) is 5.91 Å². The number of para-hydroxylation sites is 2. The number of hydrogen-bond acceptors (Lipinski definition) is 5. The summed E-state index contributed by atoms with van der Waals surface area (Å²) in [6.07, 6.45) is 5.90. The lowest BCUT2D eigenvalue weighted by Gasteiger charge is -2.11. The van der Waals surface area contributed by atoms with Gasteiger partial charge in [-0.25, -0.2) is 4.98 Å². The predicted octanol–water partition coefficient (Wildman–Crippen LogP) is 3.07. The van der Waals surface area contributed by atoms with E-state index in [-0.39, 0.29) is 30.2 Å². The number of aromatic hydroxyl groups is 1. The van der Waals surface area contributed by atoms with Crippen molar-refractivity contribution in [3.05, 3.63) is 51.4 Å². The molecule has 4 rings (SSSR count). The lowest BCUT2D eigenvalue weighted by molar-refractivity contribution is -0.116. The highest BCUT2D eigenvalue weighted by Gasteiger charge is 2.20. The van der Waals surface area contributed by atoms with Crippen LogP contribution in [0, 0.1) is 0 Å². The van der Waals surface area contributed by atoms with Crippen molar-refractivity contribution >= 4 is 33.1 Å². The van der Waals surface area contributed by atoms with Crippen molar-refractivity contribution in [1.29, 1.82) is 0 Å². The Morgan fingerprint density at radius 2 is 2.08 bits per heavy atom. The number of benzene rings is 1. The smallest absolute Gasteiger partial charge is 0.262 e. The molecule has 0 radical (unpaired) electrons. The van der Waals surface area contributed by atoms with Crippen LogP contribution in [0.1, 0.15) is 29.7 Å². The number of nitrogens with one attached hydrogen (secondary N) is 1. The summed E-state index contributed by atoms with van der Waals surface area (Å²) in [5, 5.41) is 13.1. The first-order chi connectivity index (χ1) is 12.6. The lowest BCUT2D eigenvalue weighted by atomic mass is 9.97. The highest BCUT2D eigenvalue weighted by molar-refractivity contribution is 7.18. The number of aromatic nitrogens is 2. The van der Waals surface area contributed by atoms with E-state index < -0.39 is 0 Å². The molecule has 0 fully saturated rings. The molecule has 0 spiro atoms. The van der Waals surface area contributed by atoms with E-state index in [0.29, 0.717) is 5.69 Å². The number of aryl methyl sites for hydroxylation is 3. The van der Waals surface area contributed by atoms with E-state index in [9.17, 15) is 14.7 Å². The summed E-state index contributed by atoms with van der Waals surface area (Å²) in [7, 11) is 0. The van der Waals surface area contributed by atoms with Crippen molar-refractivity contribution in [3.63, 3.8) is 0 Å². The number of nitrogens with zero attached hydrogens (tertiary/aromatic N) is 2. The molecule has 134 valence electrons. The highest BCUT2D eigenvalue weighted by atomic mass is 32.1.